The first-order chi connectivity index (χ1) is 17.7. The summed E-state index contributed by atoms with van der Waals surface area (Å²) in [6.45, 7) is 1.16. The van der Waals surface area contributed by atoms with E-state index in [4.69, 9.17) is 0 Å². The molecular formula is C27H33N3O8. The number of allylic oxidation sites excluding steroid dienone is 2. The van der Waals surface area contributed by atoms with Gasteiger partial charge >= 0.3 is 0 Å². The molecule has 0 radical (unpaired) electrons. The fourth-order valence-electron chi connectivity index (χ4n) is 5.90. The molecule has 38 heavy (non-hydrogen) atoms. The molecule has 1 aromatic carbocycles. The Balaban J connectivity index is 1.83. The number of Topliss-reactive ketones (excluding diaryl/α,β-unsaturated/α-hetero) is 3. The zero-order chi connectivity index (χ0) is 28.3. The van der Waals surface area contributed by atoms with Gasteiger partial charge in [-0.1, -0.05) is 0 Å². The quantitative estimate of drug-likeness (QED) is 0.336. The van der Waals surface area contributed by atoms with Gasteiger partial charge < -0.3 is 35.5 Å². The monoisotopic (exact) mass is 527 g/mol. The van der Waals surface area contributed by atoms with Crippen molar-refractivity contribution in [2.24, 2.45) is 11.8 Å². The number of aliphatic hydroxyl groups is 3. The molecule has 0 bridgehead atoms. The van der Waals surface area contributed by atoms with Gasteiger partial charge in [-0.2, -0.15) is 0 Å². The zero-order valence-corrected chi connectivity index (χ0v) is 22.1. The first kappa shape index (κ1) is 27.3. The maximum Gasteiger partial charge on any atom is 0.234 e. The number of carbonyl (C=O) groups excluding carboxylic acids is 4. The van der Waals surface area contributed by atoms with Crippen molar-refractivity contribution in [1.82, 2.24) is 10.2 Å². The number of benzene rings is 1. The second kappa shape index (κ2) is 9.55. The number of hydrogen-bond acceptors (Lipinski definition) is 10. The summed E-state index contributed by atoms with van der Waals surface area (Å²) in [5.74, 6) is -6.09. The second-order valence-electron chi connectivity index (χ2n) is 10.8. The number of ketones is 3. The van der Waals surface area contributed by atoms with E-state index in [1.807, 2.05) is 0 Å². The lowest BCUT2D eigenvalue weighted by Crippen LogP contribution is -2.56. The number of likely N-dealkylation sites (N-methyl/N-ethyl adjacent to an activating group) is 1. The molecule has 204 valence electrons. The molecule has 1 amide bonds. The van der Waals surface area contributed by atoms with Gasteiger partial charge in [0.25, 0.3) is 0 Å². The summed E-state index contributed by atoms with van der Waals surface area (Å²) in [5.41, 5.74) is -1.91. The van der Waals surface area contributed by atoms with Crippen LogP contribution in [0.3, 0.4) is 0 Å². The van der Waals surface area contributed by atoms with Gasteiger partial charge in [0.15, 0.2) is 17.2 Å². The molecule has 0 heterocycles. The van der Waals surface area contributed by atoms with E-state index in [0.29, 0.717) is 16.8 Å². The van der Waals surface area contributed by atoms with Crippen LogP contribution in [0.4, 0.5) is 5.69 Å². The predicted molar refractivity (Wildman–Crippen MR) is 137 cm³/mol. The van der Waals surface area contributed by atoms with Crippen LogP contribution in [0.5, 0.6) is 5.75 Å². The molecule has 0 aromatic heterocycles. The summed E-state index contributed by atoms with van der Waals surface area (Å²) in [4.78, 5) is 54.7. The van der Waals surface area contributed by atoms with Crippen molar-refractivity contribution in [3.63, 3.8) is 0 Å². The lowest BCUT2D eigenvalue weighted by atomic mass is 9.60. The lowest BCUT2D eigenvalue weighted by molar-refractivity contribution is -0.144. The number of anilines is 1. The third kappa shape index (κ3) is 4.15. The summed E-state index contributed by atoms with van der Waals surface area (Å²) >= 11 is 0. The Hall–Kier alpha value is -3.70. The van der Waals surface area contributed by atoms with Gasteiger partial charge in [-0.05, 0) is 51.4 Å². The minimum Gasteiger partial charge on any atom is -0.511 e. The van der Waals surface area contributed by atoms with Gasteiger partial charge in [0.05, 0.1) is 12.1 Å². The Morgan fingerprint density at radius 2 is 1.76 bits per heavy atom. The minimum atomic E-state index is -2.54. The molecular weight excluding hydrogens is 494 g/mol. The lowest BCUT2D eigenvalue weighted by Gasteiger charge is -2.46. The number of aromatic hydroxyl groups is 1. The molecule has 0 saturated heterocycles. The molecule has 3 aliphatic rings. The Kier molecular flexibility index (Phi) is 6.87. The van der Waals surface area contributed by atoms with Crippen LogP contribution in [0.15, 0.2) is 28.7 Å². The van der Waals surface area contributed by atoms with E-state index in [1.165, 1.54) is 0 Å². The number of phenolic OH excluding ortho intramolecular Hbond substituents is 1. The zero-order valence-electron chi connectivity index (χ0n) is 22.1. The highest BCUT2D eigenvalue weighted by molar-refractivity contribution is 6.25. The molecule has 0 unspecified atom stereocenters. The number of rotatable bonds is 6. The largest absolute Gasteiger partial charge is 0.511 e. The maximum atomic E-state index is 13.9. The van der Waals surface area contributed by atoms with Crippen molar-refractivity contribution in [3.8, 4) is 5.75 Å². The standard InChI is InChI=1S/C27H33N3O8/c1-12(31)20-18(32)9-15-6-13-7-16-17(30(4)5)8-14(10-28-19(33)11-29(2)3)23(34)22(16)24(35)21(13)26(37)27(15,38)25(20)36/h8,13,15,32,34,37-38H,6-7,9-11H2,1-5H3,(H,28,33)/t13-,15+,27-/m0/s1. The predicted octanol–water partition coefficient (Wildman–Crippen LogP) is 0.928. The van der Waals surface area contributed by atoms with Crippen molar-refractivity contribution in [2.75, 3.05) is 39.6 Å². The van der Waals surface area contributed by atoms with E-state index in [2.05, 4.69) is 5.32 Å². The molecule has 0 aliphatic heterocycles. The van der Waals surface area contributed by atoms with Crippen molar-refractivity contribution in [1.29, 1.82) is 0 Å². The van der Waals surface area contributed by atoms with Crippen LogP contribution < -0.4 is 10.2 Å². The van der Waals surface area contributed by atoms with Crippen LogP contribution in [0.25, 0.3) is 0 Å². The van der Waals surface area contributed by atoms with Crippen LogP contribution in [0.1, 0.15) is 41.3 Å². The number of amides is 1. The van der Waals surface area contributed by atoms with Gasteiger partial charge in [-0.3, -0.25) is 19.2 Å². The van der Waals surface area contributed by atoms with Gasteiger partial charge in [0.1, 0.15) is 22.8 Å². The first-order valence-corrected chi connectivity index (χ1v) is 12.3. The summed E-state index contributed by atoms with van der Waals surface area (Å²) < 4.78 is 0. The minimum absolute atomic E-state index is 0.0507. The van der Waals surface area contributed by atoms with Crippen LogP contribution >= 0.6 is 0 Å². The Bertz CT molecular complexity index is 1330. The summed E-state index contributed by atoms with van der Waals surface area (Å²) in [6, 6.07) is 1.70. The number of nitrogens with zero attached hydrogens (tertiary/aromatic N) is 2. The van der Waals surface area contributed by atoms with E-state index >= 15 is 0 Å². The number of aliphatic hydroxyl groups excluding tert-OH is 2. The fraction of sp³-hybridized carbons (Fsp3) is 0.481. The molecule has 11 heteroatoms. The molecule has 3 aliphatic carbocycles. The third-order valence-corrected chi connectivity index (χ3v) is 7.64. The second-order valence-corrected chi connectivity index (χ2v) is 10.8. The van der Waals surface area contributed by atoms with Crippen LogP contribution in [-0.4, -0.2) is 88.9 Å². The first-order valence-electron chi connectivity index (χ1n) is 12.3. The molecule has 5 N–H and O–H groups in total. The number of hydrogen-bond donors (Lipinski definition) is 5. The Labute approximate surface area is 220 Å². The summed E-state index contributed by atoms with van der Waals surface area (Å²) in [6.07, 6.45) is 0.112. The van der Waals surface area contributed by atoms with E-state index in [0.717, 1.165) is 6.92 Å². The molecule has 3 atom stereocenters. The van der Waals surface area contributed by atoms with E-state index in [1.54, 1.807) is 44.1 Å². The molecule has 0 spiro atoms. The molecule has 1 aromatic rings. The normalized spacial score (nSPS) is 24.7. The summed E-state index contributed by atoms with van der Waals surface area (Å²) in [5, 5.41) is 46.9. The SMILES string of the molecule is CC(=O)C1=C(O)C[C@H]2C[C@H]3Cc4c(N(C)C)cc(CNC(=O)CN(C)C)c(O)c4C(=O)C3=C(O)[C@@]2(O)C1=O. The van der Waals surface area contributed by atoms with Gasteiger partial charge in [-0.15, -0.1) is 0 Å². The third-order valence-electron chi connectivity index (χ3n) is 7.64. The molecule has 0 saturated carbocycles. The fourth-order valence-corrected chi connectivity index (χ4v) is 5.90. The van der Waals surface area contributed by atoms with Gasteiger partial charge in [-0.25, -0.2) is 0 Å². The van der Waals surface area contributed by atoms with Gasteiger partial charge in [0, 0.05) is 49.8 Å². The highest BCUT2D eigenvalue weighted by Crippen LogP contribution is 2.52. The Morgan fingerprint density at radius 1 is 1.11 bits per heavy atom. The van der Waals surface area contributed by atoms with Crippen molar-refractivity contribution in [3.05, 3.63) is 45.4 Å². The number of carbonyl (C=O) groups is 4. The van der Waals surface area contributed by atoms with Crippen molar-refractivity contribution >= 4 is 28.9 Å². The van der Waals surface area contributed by atoms with E-state index in [-0.39, 0.29) is 55.1 Å². The summed E-state index contributed by atoms with van der Waals surface area (Å²) in [7, 11) is 7.04. The topological polar surface area (TPSA) is 168 Å². The smallest absolute Gasteiger partial charge is 0.234 e. The van der Waals surface area contributed by atoms with Crippen molar-refractivity contribution in [2.45, 2.75) is 38.3 Å². The molecule has 4 rings (SSSR count). The van der Waals surface area contributed by atoms with E-state index < -0.39 is 51.9 Å². The maximum absolute atomic E-state index is 13.9. The average molecular weight is 528 g/mol. The Morgan fingerprint density at radius 3 is 2.34 bits per heavy atom. The van der Waals surface area contributed by atoms with E-state index in [9.17, 15) is 39.6 Å². The number of phenols is 1. The highest BCUT2D eigenvalue weighted by Gasteiger charge is 2.59. The molecule has 0 fully saturated rings. The average Bonchev–Trinajstić information content (AvgIpc) is 2.80. The van der Waals surface area contributed by atoms with Crippen molar-refractivity contribution < 1.29 is 39.6 Å². The molecule has 11 nitrogen and oxygen atoms in total. The van der Waals surface area contributed by atoms with Crippen LogP contribution in [0.2, 0.25) is 0 Å². The highest BCUT2D eigenvalue weighted by atomic mass is 16.3. The number of nitrogens with one attached hydrogen (secondary N) is 1. The van der Waals surface area contributed by atoms with Gasteiger partial charge in [0.2, 0.25) is 11.7 Å². The van der Waals surface area contributed by atoms with Crippen LogP contribution in [-0.2, 0) is 27.3 Å². The number of fused-ring (bicyclic) bond motifs is 3. The van der Waals surface area contributed by atoms with Crippen LogP contribution in [0, 0.1) is 11.8 Å².